The third kappa shape index (κ3) is 4.32. The summed E-state index contributed by atoms with van der Waals surface area (Å²) in [5, 5.41) is 4.42. The molecule has 1 heterocycles. The van der Waals surface area contributed by atoms with Crippen molar-refractivity contribution in [3.8, 4) is 5.75 Å². The quantitative estimate of drug-likeness (QED) is 0.635. The van der Waals surface area contributed by atoms with E-state index in [9.17, 15) is 13.2 Å². The smallest absolute Gasteiger partial charge is 0.275 e. The number of aryl methyl sites for hydroxylation is 1. The summed E-state index contributed by atoms with van der Waals surface area (Å²) < 4.78 is 32.4. The van der Waals surface area contributed by atoms with Gasteiger partial charge in [-0.3, -0.25) is 9.52 Å². The monoisotopic (exact) mass is 417 g/mol. The van der Waals surface area contributed by atoms with Crippen LogP contribution in [-0.4, -0.2) is 26.4 Å². The lowest BCUT2D eigenvalue weighted by Gasteiger charge is -2.09. The number of nitrogens with one attached hydrogen (secondary N) is 2. The van der Waals surface area contributed by atoms with Crippen molar-refractivity contribution >= 4 is 38.1 Å². The van der Waals surface area contributed by atoms with Crippen molar-refractivity contribution in [2.24, 2.45) is 0 Å². The highest BCUT2D eigenvalue weighted by molar-refractivity contribution is 7.93. The second-order valence-corrected chi connectivity index (χ2v) is 8.56. The SMILES string of the molecule is COc1ccc(S(=O)(=O)Nc2nc(C(=O)Nc3cccc(C)c3C)cs2)cc1. The predicted octanol–water partition coefficient (Wildman–Crippen LogP) is 3.82. The molecule has 0 saturated heterocycles. The lowest BCUT2D eigenvalue weighted by Crippen LogP contribution is -2.15. The highest BCUT2D eigenvalue weighted by Crippen LogP contribution is 2.23. The first-order valence-electron chi connectivity index (χ1n) is 8.30. The molecule has 0 fully saturated rings. The molecule has 1 amide bonds. The van der Waals surface area contributed by atoms with Crippen LogP contribution >= 0.6 is 11.3 Å². The largest absolute Gasteiger partial charge is 0.497 e. The van der Waals surface area contributed by atoms with Crippen molar-refractivity contribution in [3.63, 3.8) is 0 Å². The molecule has 9 heteroatoms. The van der Waals surface area contributed by atoms with Crippen molar-refractivity contribution in [1.82, 2.24) is 4.98 Å². The van der Waals surface area contributed by atoms with Gasteiger partial charge >= 0.3 is 0 Å². The van der Waals surface area contributed by atoms with Gasteiger partial charge in [-0.1, -0.05) is 12.1 Å². The Morgan fingerprint density at radius 3 is 2.50 bits per heavy atom. The van der Waals surface area contributed by atoms with Crippen molar-refractivity contribution in [1.29, 1.82) is 0 Å². The molecule has 0 saturated carbocycles. The molecule has 0 spiro atoms. The summed E-state index contributed by atoms with van der Waals surface area (Å²) in [6, 6.07) is 11.6. The maximum atomic E-state index is 12.5. The van der Waals surface area contributed by atoms with Crippen LogP contribution < -0.4 is 14.8 Å². The van der Waals surface area contributed by atoms with Crippen molar-refractivity contribution in [2.75, 3.05) is 17.1 Å². The van der Waals surface area contributed by atoms with E-state index < -0.39 is 15.9 Å². The molecular weight excluding hydrogens is 398 g/mol. The number of rotatable bonds is 6. The van der Waals surface area contributed by atoms with Gasteiger partial charge in [-0.15, -0.1) is 11.3 Å². The molecule has 146 valence electrons. The Morgan fingerprint density at radius 2 is 1.82 bits per heavy atom. The van der Waals surface area contributed by atoms with Gasteiger partial charge in [-0.05, 0) is 55.3 Å². The number of carbonyl (C=O) groups is 1. The number of nitrogens with zero attached hydrogens (tertiary/aromatic N) is 1. The molecule has 0 aliphatic heterocycles. The van der Waals surface area contributed by atoms with Crippen LogP contribution in [0.25, 0.3) is 0 Å². The van der Waals surface area contributed by atoms with Gasteiger partial charge in [0.25, 0.3) is 15.9 Å². The molecule has 3 rings (SSSR count). The van der Waals surface area contributed by atoms with E-state index in [2.05, 4.69) is 15.0 Å². The number of aromatic nitrogens is 1. The van der Waals surface area contributed by atoms with Crippen LogP contribution in [0.4, 0.5) is 10.8 Å². The van der Waals surface area contributed by atoms with Gasteiger partial charge in [0, 0.05) is 11.1 Å². The van der Waals surface area contributed by atoms with Gasteiger partial charge in [0.2, 0.25) is 0 Å². The van der Waals surface area contributed by atoms with Gasteiger partial charge in [0.1, 0.15) is 11.4 Å². The normalized spacial score (nSPS) is 11.1. The molecule has 0 bridgehead atoms. The lowest BCUT2D eigenvalue weighted by atomic mass is 10.1. The number of hydrogen-bond donors (Lipinski definition) is 2. The van der Waals surface area contributed by atoms with Crippen LogP contribution in [0.2, 0.25) is 0 Å². The van der Waals surface area contributed by atoms with E-state index in [0.29, 0.717) is 11.4 Å². The van der Waals surface area contributed by atoms with E-state index in [4.69, 9.17) is 4.74 Å². The molecule has 7 nitrogen and oxygen atoms in total. The zero-order valence-corrected chi connectivity index (χ0v) is 17.1. The lowest BCUT2D eigenvalue weighted by molar-refractivity contribution is 0.102. The Hall–Kier alpha value is -2.91. The molecule has 28 heavy (non-hydrogen) atoms. The summed E-state index contributed by atoms with van der Waals surface area (Å²) in [5.41, 5.74) is 2.85. The number of ether oxygens (including phenoxy) is 1. The highest BCUT2D eigenvalue weighted by atomic mass is 32.2. The summed E-state index contributed by atoms with van der Waals surface area (Å²) in [4.78, 5) is 16.6. The molecule has 1 aromatic heterocycles. The number of carbonyl (C=O) groups excluding carboxylic acids is 1. The Kier molecular flexibility index (Phi) is 5.66. The Morgan fingerprint density at radius 1 is 1.11 bits per heavy atom. The van der Waals surface area contributed by atoms with E-state index in [1.165, 1.54) is 24.6 Å². The van der Waals surface area contributed by atoms with Crippen molar-refractivity contribution in [2.45, 2.75) is 18.7 Å². The first-order valence-corrected chi connectivity index (χ1v) is 10.7. The van der Waals surface area contributed by atoms with Crippen molar-refractivity contribution < 1.29 is 17.9 Å². The number of anilines is 2. The molecule has 0 radical (unpaired) electrons. The summed E-state index contributed by atoms with van der Waals surface area (Å²) in [7, 11) is -2.31. The minimum absolute atomic E-state index is 0.0740. The van der Waals surface area contributed by atoms with Gasteiger partial charge in [0.15, 0.2) is 5.13 Å². The maximum Gasteiger partial charge on any atom is 0.275 e. The standard InChI is InChI=1S/C19H19N3O4S2/c1-12-5-4-6-16(13(12)2)20-18(23)17-11-27-19(21-17)22-28(24,25)15-9-7-14(26-3)8-10-15/h4-11H,1-3H3,(H,20,23)(H,21,22). The van der Waals surface area contributed by atoms with Gasteiger partial charge in [-0.25, -0.2) is 13.4 Å². The fraction of sp³-hybridized carbons (Fsp3) is 0.158. The summed E-state index contributed by atoms with van der Waals surface area (Å²) >= 11 is 1.04. The van der Waals surface area contributed by atoms with Crippen LogP contribution in [-0.2, 0) is 10.0 Å². The second-order valence-electron chi connectivity index (χ2n) is 6.02. The number of hydrogen-bond acceptors (Lipinski definition) is 6. The number of methoxy groups -OCH3 is 1. The van der Waals surface area contributed by atoms with Crippen LogP contribution in [0.3, 0.4) is 0 Å². The average Bonchev–Trinajstić information content (AvgIpc) is 3.13. The first-order chi connectivity index (χ1) is 13.3. The number of amides is 1. The van der Waals surface area contributed by atoms with E-state index in [-0.39, 0.29) is 15.7 Å². The first kappa shape index (κ1) is 19.8. The fourth-order valence-corrected chi connectivity index (χ4v) is 4.37. The third-order valence-corrected chi connectivity index (χ3v) is 6.42. The zero-order chi connectivity index (χ0) is 20.3. The van der Waals surface area contributed by atoms with Crippen molar-refractivity contribution in [3.05, 3.63) is 64.7 Å². The van der Waals surface area contributed by atoms with Gasteiger partial charge in [0.05, 0.1) is 12.0 Å². The number of sulfonamides is 1. The number of benzene rings is 2. The molecular formula is C19H19N3O4S2. The molecule has 3 aromatic rings. The Bertz CT molecular complexity index is 1110. The van der Waals surface area contributed by atoms with E-state index in [1.54, 1.807) is 18.2 Å². The minimum atomic E-state index is -3.81. The summed E-state index contributed by atoms with van der Waals surface area (Å²) in [5.74, 6) is 0.151. The molecule has 0 aliphatic rings. The topological polar surface area (TPSA) is 97.4 Å². The Labute approximate surface area is 167 Å². The van der Waals surface area contributed by atoms with Gasteiger partial charge in [-0.2, -0.15) is 0 Å². The van der Waals surface area contributed by atoms with E-state index in [1.807, 2.05) is 26.0 Å². The summed E-state index contributed by atoms with van der Waals surface area (Å²) in [6.45, 7) is 3.88. The molecule has 0 unspecified atom stereocenters. The van der Waals surface area contributed by atoms with Crippen LogP contribution in [0.1, 0.15) is 21.6 Å². The predicted molar refractivity (Wildman–Crippen MR) is 110 cm³/mol. The number of thiazole rings is 1. The average molecular weight is 418 g/mol. The molecule has 0 aliphatic carbocycles. The molecule has 0 atom stereocenters. The van der Waals surface area contributed by atoms with Gasteiger partial charge < -0.3 is 10.1 Å². The second kappa shape index (κ2) is 7.99. The maximum absolute atomic E-state index is 12.5. The molecule has 2 aromatic carbocycles. The summed E-state index contributed by atoms with van der Waals surface area (Å²) in [6.07, 6.45) is 0. The van der Waals surface area contributed by atoms with Crippen LogP contribution in [0, 0.1) is 13.8 Å². The zero-order valence-electron chi connectivity index (χ0n) is 15.5. The highest BCUT2D eigenvalue weighted by Gasteiger charge is 2.18. The third-order valence-electron chi connectivity index (χ3n) is 4.18. The molecule has 2 N–H and O–H groups in total. The fourth-order valence-electron chi connectivity index (χ4n) is 2.43. The minimum Gasteiger partial charge on any atom is -0.497 e. The van der Waals surface area contributed by atoms with Crippen LogP contribution in [0.15, 0.2) is 52.7 Å². The van der Waals surface area contributed by atoms with E-state index in [0.717, 1.165) is 22.5 Å². The van der Waals surface area contributed by atoms with E-state index >= 15 is 0 Å². The van der Waals surface area contributed by atoms with Crippen LogP contribution in [0.5, 0.6) is 5.75 Å². The Balaban J connectivity index is 1.74.